The van der Waals surface area contributed by atoms with Crippen LogP contribution in [0.1, 0.15) is 0 Å². The van der Waals surface area contributed by atoms with Crippen molar-refractivity contribution in [2.24, 2.45) is 0 Å². The van der Waals surface area contributed by atoms with Crippen LogP contribution in [0.15, 0.2) is 42.6 Å². The molecule has 1 amide bonds. The molecule has 0 unspecified atom stereocenters. The fourth-order valence-corrected chi connectivity index (χ4v) is 1.73. The first kappa shape index (κ1) is 16.5. The highest BCUT2D eigenvalue weighted by Crippen LogP contribution is 2.13. The minimum atomic E-state index is -0.592. The van der Waals surface area contributed by atoms with E-state index in [2.05, 4.69) is 15.6 Å². The number of amides is 1. The molecular formula is C14H13ClN4O4. The fraction of sp³-hybridized carbons (Fsp3) is 0.143. The number of pyridine rings is 1. The summed E-state index contributed by atoms with van der Waals surface area (Å²) in [5, 5.41) is 16.5. The second kappa shape index (κ2) is 7.95. The minimum absolute atomic E-state index is 0.0888. The molecule has 0 bridgehead atoms. The molecule has 0 radical (unpaired) electrons. The summed E-state index contributed by atoms with van der Waals surface area (Å²) in [6, 6.07) is 9.43. The maximum absolute atomic E-state index is 11.5. The Labute approximate surface area is 136 Å². The van der Waals surface area contributed by atoms with Crippen molar-refractivity contribution < 1.29 is 14.5 Å². The molecule has 8 nitrogen and oxygen atoms in total. The van der Waals surface area contributed by atoms with Gasteiger partial charge in [-0.25, -0.2) is 9.78 Å². The topological polar surface area (TPSA) is 106 Å². The van der Waals surface area contributed by atoms with E-state index in [4.69, 9.17) is 16.3 Å². The number of benzene rings is 1. The number of hydrogen-bond donors (Lipinski definition) is 2. The second-order valence-corrected chi connectivity index (χ2v) is 4.79. The van der Waals surface area contributed by atoms with Gasteiger partial charge in [-0.3, -0.25) is 15.4 Å². The first-order chi connectivity index (χ1) is 11.0. The van der Waals surface area contributed by atoms with Crippen molar-refractivity contribution >= 4 is 34.9 Å². The van der Waals surface area contributed by atoms with E-state index >= 15 is 0 Å². The summed E-state index contributed by atoms with van der Waals surface area (Å²) >= 11 is 5.74. The molecular weight excluding hydrogens is 324 g/mol. The van der Waals surface area contributed by atoms with E-state index in [9.17, 15) is 14.9 Å². The zero-order valence-corrected chi connectivity index (χ0v) is 12.6. The summed E-state index contributed by atoms with van der Waals surface area (Å²) in [4.78, 5) is 25.4. The van der Waals surface area contributed by atoms with Gasteiger partial charge in [-0.05, 0) is 30.3 Å². The molecule has 1 aromatic carbocycles. The number of halogens is 1. The van der Waals surface area contributed by atoms with Gasteiger partial charge in [0.15, 0.2) is 0 Å². The summed E-state index contributed by atoms with van der Waals surface area (Å²) < 4.78 is 4.98. The molecule has 0 spiro atoms. The minimum Gasteiger partial charge on any atom is -0.447 e. The molecule has 23 heavy (non-hydrogen) atoms. The molecule has 2 rings (SSSR count). The highest BCUT2D eigenvalue weighted by atomic mass is 35.5. The third-order valence-electron chi connectivity index (χ3n) is 2.69. The van der Waals surface area contributed by atoms with Crippen molar-refractivity contribution in [1.29, 1.82) is 0 Å². The highest BCUT2D eigenvalue weighted by molar-refractivity contribution is 6.30. The van der Waals surface area contributed by atoms with Gasteiger partial charge in [0.2, 0.25) is 0 Å². The number of ether oxygens (including phenoxy) is 1. The average molecular weight is 337 g/mol. The van der Waals surface area contributed by atoms with Crippen molar-refractivity contribution in [3.05, 3.63) is 57.7 Å². The quantitative estimate of drug-likeness (QED) is 0.476. The maximum atomic E-state index is 11.5. The summed E-state index contributed by atoms with van der Waals surface area (Å²) in [6.07, 6.45) is 0.557. The average Bonchev–Trinajstić information content (AvgIpc) is 2.54. The molecule has 0 fully saturated rings. The van der Waals surface area contributed by atoms with Crippen LogP contribution in [0.4, 0.5) is 22.0 Å². The first-order valence-electron chi connectivity index (χ1n) is 6.58. The number of rotatable bonds is 6. The third kappa shape index (κ3) is 5.44. The molecule has 0 saturated carbocycles. The molecule has 0 aliphatic heterocycles. The summed E-state index contributed by atoms with van der Waals surface area (Å²) in [5.74, 6) is 0.456. The van der Waals surface area contributed by atoms with Gasteiger partial charge in [0.05, 0.1) is 11.5 Å². The summed E-state index contributed by atoms with van der Waals surface area (Å²) in [7, 11) is 0. The van der Waals surface area contributed by atoms with Gasteiger partial charge in [-0.2, -0.15) is 0 Å². The van der Waals surface area contributed by atoms with Gasteiger partial charge in [0, 0.05) is 16.8 Å². The second-order valence-electron chi connectivity index (χ2n) is 4.35. The molecule has 0 atom stereocenters. The van der Waals surface area contributed by atoms with E-state index in [-0.39, 0.29) is 12.3 Å². The number of nitrogens with one attached hydrogen (secondary N) is 2. The Morgan fingerprint density at radius 1 is 1.26 bits per heavy atom. The zero-order valence-electron chi connectivity index (χ0n) is 11.9. The van der Waals surface area contributed by atoms with Crippen LogP contribution in [0.5, 0.6) is 0 Å². The van der Waals surface area contributed by atoms with Crippen molar-refractivity contribution in [3.63, 3.8) is 0 Å². The largest absolute Gasteiger partial charge is 0.447 e. The number of nitro groups is 1. The predicted octanol–water partition coefficient (Wildman–Crippen LogP) is 3.30. The van der Waals surface area contributed by atoms with Crippen LogP contribution in [-0.4, -0.2) is 29.2 Å². The number of aromatic nitrogens is 1. The van der Waals surface area contributed by atoms with E-state index in [1.54, 1.807) is 24.3 Å². The van der Waals surface area contributed by atoms with E-state index in [1.807, 2.05) is 0 Å². The van der Waals surface area contributed by atoms with Crippen LogP contribution in [0.2, 0.25) is 5.02 Å². The Hall–Kier alpha value is -2.87. The molecule has 120 valence electrons. The fourth-order valence-electron chi connectivity index (χ4n) is 1.61. The predicted molar refractivity (Wildman–Crippen MR) is 85.8 cm³/mol. The first-order valence-corrected chi connectivity index (χ1v) is 6.96. The van der Waals surface area contributed by atoms with E-state index < -0.39 is 11.0 Å². The standard InChI is InChI=1S/C14H13ClN4O4/c15-10-1-3-11(4-2-10)18-14(20)23-8-7-16-13-6-5-12(9-17-13)19(21)22/h1-6,9H,7-8H2,(H,16,17)(H,18,20). The number of carbonyl (C=O) groups is 1. The van der Waals surface area contributed by atoms with Crippen LogP contribution < -0.4 is 10.6 Å². The Kier molecular flexibility index (Phi) is 5.70. The molecule has 0 aliphatic rings. The molecule has 0 saturated heterocycles. The van der Waals surface area contributed by atoms with Gasteiger partial charge >= 0.3 is 6.09 Å². The number of nitrogens with zero attached hydrogens (tertiary/aromatic N) is 2. The lowest BCUT2D eigenvalue weighted by Crippen LogP contribution is -2.18. The molecule has 9 heteroatoms. The van der Waals surface area contributed by atoms with Gasteiger partial charge in [0.1, 0.15) is 18.6 Å². The van der Waals surface area contributed by atoms with E-state index in [0.29, 0.717) is 23.1 Å². The van der Waals surface area contributed by atoms with Crippen molar-refractivity contribution in [2.75, 3.05) is 23.8 Å². The van der Waals surface area contributed by atoms with Crippen LogP contribution in [0.25, 0.3) is 0 Å². The van der Waals surface area contributed by atoms with Crippen LogP contribution in [0.3, 0.4) is 0 Å². The van der Waals surface area contributed by atoms with E-state index in [0.717, 1.165) is 6.20 Å². The van der Waals surface area contributed by atoms with Gasteiger partial charge in [-0.15, -0.1) is 0 Å². The van der Waals surface area contributed by atoms with Gasteiger partial charge in [0.25, 0.3) is 5.69 Å². The lowest BCUT2D eigenvalue weighted by Gasteiger charge is -2.08. The smallest absolute Gasteiger partial charge is 0.411 e. The normalized spacial score (nSPS) is 9.96. The highest BCUT2D eigenvalue weighted by Gasteiger charge is 2.05. The van der Waals surface area contributed by atoms with Crippen LogP contribution in [0, 0.1) is 10.1 Å². The Balaban J connectivity index is 1.69. The molecule has 2 aromatic rings. The molecule has 1 heterocycles. The summed E-state index contributed by atoms with van der Waals surface area (Å²) in [6.45, 7) is 0.428. The van der Waals surface area contributed by atoms with Gasteiger partial charge in [-0.1, -0.05) is 11.6 Å². The lowest BCUT2D eigenvalue weighted by molar-refractivity contribution is -0.385. The Morgan fingerprint density at radius 2 is 2.00 bits per heavy atom. The molecule has 0 aliphatic carbocycles. The number of carbonyl (C=O) groups excluding carboxylic acids is 1. The SMILES string of the molecule is O=C(Nc1ccc(Cl)cc1)OCCNc1ccc([N+](=O)[O-])cn1. The zero-order chi connectivity index (χ0) is 16.7. The third-order valence-corrected chi connectivity index (χ3v) is 2.94. The number of hydrogen-bond acceptors (Lipinski definition) is 6. The van der Waals surface area contributed by atoms with Crippen LogP contribution >= 0.6 is 11.6 Å². The molecule has 1 aromatic heterocycles. The van der Waals surface area contributed by atoms with Gasteiger partial charge < -0.3 is 10.1 Å². The van der Waals surface area contributed by atoms with Crippen LogP contribution in [-0.2, 0) is 4.74 Å². The number of anilines is 2. The Bertz CT molecular complexity index is 676. The molecule has 2 N–H and O–H groups in total. The maximum Gasteiger partial charge on any atom is 0.411 e. The summed E-state index contributed by atoms with van der Waals surface area (Å²) in [5.41, 5.74) is 0.485. The van der Waals surface area contributed by atoms with E-state index in [1.165, 1.54) is 12.1 Å². The van der Waals surface area contributed by atoms with Crippen molar-refractivity contribution in [3.8, 4) is 0 Å². The van der Waals surface area contributed by atoms with Crippen molar-refractivity contribution in [1.82, 2.24) is 4.98 Å². The Morgan fingerprint density at radius 3 is 2.61 bits per heavy atom. The van der Waals surface area contributed by atoms with Crippen molar-refractivity contribution in [2.45, 2.75) is 0 Å². The monoisotopic (exact) mass is 336 g/mol. The lowest BCUT2D eigenvalue weighted by atomic mass is 10.3.